The van der Waals surface area contributed by atoms with E-state index in [4.69, 9.17) is 14.6 Å². The fraction of sp³-hybridized carbons (Fsp3) is 0.457. The Morgan fingerprint density at radius 1 is 0.915 bits per heavy atom. The summed E-state index contributed by atoms with van der Waals surface area (Å²) in [6.45, 7) is 7.36. The van der Waals surface area contributed by atoms with E-state index in [0.29, 0.717) is 13.2 Å². The van der Waals surface area contributed by atoms with Crippen LogP contribution in [0.1, 0.15) is 47.8 Å². The molecule has 2 atom stereocenters. The van der Waals surface area contributed by atoms with Gasteiger partial charge in [-0.05, 0) is 79.3 Å². The lowest BCUT2D eigenvalue weighted by Crippen LogP contribution is -2.36. The van der Waals surface area contributed by atoms with Crippen LogP contribution in [0.2, 0.25) is 0 Å². The number of amides is 1. The summed E-state index contributed by atoms with van der Waals surface area (Å²) in [6.07, 6.45) is 0.197. The molecule has 1 aliphatic carbocycles. The maximum Gasteiger partial charge on any atom is 0.435 e. The molecule has 12 heteroatoms. The van der Waals surface area contributed by atoms with Crippen molar-refractivity contribution in [3.05, 3.63) is 82.7 Å². The van der Waals surface area contributed by atoms with Crippen LogP contribution in [0.4, 0.5) is 24.5 Å². The number of hydrogen-bond acceptors (Lipinski definition) is 7. The number of halogens is 3. The number of hydrogen-bond donors (Lipinski definition) is 0. The Morgan fingerprint density at radius 3 is 2.09 bits per heavy atom. The standard InChI is InChI=1S/C35H39F3N6O3/c1-24-21-31(35(36,37)38)39-43(24)23-32(45)44-34(26-7-11-29(12-8-26)42-15-19-47-20-16-42)30-4-2-3-27(33(30)40-44)22-25-5-9-28(10-6-25)41-13-17-46-18-14-41/h5-12,21-22,30,34H,2-4,13-20,23H2,1H3. The number of benzene rings is 2. The van der Waals surface area contributed by atoms with Crippen molar-refractivity contribution in [3.8, 4) is 0 Å². The van der Waals surface area contributed by atoms with E-state index in [-0.39, 0.29) is 24.2 Å². The lowest BCUT2D eigenvalue weighted by Gasteiger charge is -2.31. The molecule has 3 aromatic rings. The molecule has 1 aromatic heterocycles. The van der Waals surface area contributed by atoms with Gasteiger partial charge in [0.1, 0.15) is 6.54 Å². The largest absolute Gasteiger partial charge is 0.435 e. The molecule has 47 heavy (non-hydrogen) atoms. The molecule has 7 rings (SSSR count). The van der Waals surface area contributed by atoms with E-state index in [9.17, 15) is 18.0 Å². The average molecular weight is 649 g/mol. The van der Waals surface area contributed by atoms with Crippen LogP contribution in [-0.4, -0.2) is 79.0 Å². The van der Waals surface area contributed by atoms with Crippen molar-refractivity contribution in [1.29, 1.82) is 0 Å². The van der Waals surface area contributed by atoms with Crippen LogP contribution in [0.3, 0.4) is 0 Å². The van der Waals surface area contributed by atoms with Gasteiger partial charge >= 0.3 is 6.18 Å². The number of aryl methyl sites for hydroxylation is 1. The van der Waals surface area contributed by atoms with Gasteiger partial charge in [0.05, 0.1) is 38.2 Å². The number of carbonyl (C=O) groups is 1. The smallest absolute Gasteiger partial charge is 0.378 e. The molecule has 1 amide bonds. The number of hydrazone groups is 1. The molecule has 0 N–H and O–H groups in total. The zero-order chi connectivity index (χ0) is 32.5. The molecule has 3 fully saturated rings. The van der Waals surface area contributed by atoms with Gasteiger partial charge in [0, 0.05) is 49.2 Å². The maximum atomic E-state index is 13.9. The van der Waals surface area contributed by atoms with Gasteiger partial charge in [-0.3, -0.25) is 9.48 Å². The highest BCUT2D eigenvalue weighted by Crippen LogP contribution is 2.45. The highest BCUT2D eigenvalue weighted by molar-refractivity contribution is 6.08. The van der Waals surface area contributed by atoms with Crippen LogP contribution in [0.5, 0.6) is 0 Å². The van der Waals surface area contributed by atoms with Crippen LogP contribution in [0.15, 0.2) is 65.3 Å². The topological polar surface area (TPSA) is 75.4 Å². The maximum absolute atomic E-state index is 13.9. The number of carbonyl (C=O) groups excluding carboxylic acids is 1. The van der Waals surface area contributed by atoms with Crippen molar-refractivity contribution < 1.29 is 27.4 Å². The van der Waals surface area contributed by atoms with E-state index >= 15 is 0 Å². The molecular weight excluding hydrogens is 609 g/mol. The molecule has 2 aromatic carbocycles. The minimum Gasteiger partial charge on any atom is -0.378 e. The summed E-state index contributed by atoms with van der Waals surface area (Å²) < 4.78 is 52.3. The number of fused-ring (bicyclic) bond motifs is 1. The first-order chi connectivity index (χ1) is 22.7. The van der Waals surface area contributed by atoms with Crippen molar-refractivity contribution in [2.24, 2.45) is 11.0 Å². The number of rotatable bonds is 6. The van der Waals surface area contributed by atoms with Gasteiger partial charge in [-0.25, -0.2) is 5.01 Å². The molecule has 4 aliphatic rings. The molecule has 9 nitrogen and oxygen atoms in total. The van der Waals surface area contributed by atoms with Crippen molar-refractivity contribution in [2.45, 2.75) is 44.9 Å². The van der Waals surface area contributed by atoms with E-state index in [0.717, 1.165) is 103 Å². The van der Waals surface area contributed by atoms with Crippen LogP contribution in [0.25, 0.3) is 6.08 Å². The first kappa shape index (κ1) is 31.4. The van der Waals surface area contributed by atoms with Gasteiger partial charge in [-0.15, -0.1) is 0 Å². The minimum absolute atomic E-state index is 0.0368. The lowest BCUT2D eigenvalue weighted by atomic mass is 9.77. The van der Waals surface area contributed by atoms with Crippen LogP contribution >= 0.6 is 0 Å². The number of morpholine rings is 2. The predicted octanol–water partition coefficient (Wildman–Crippen LogP) is 5.71. The zero-order valence-corrected chi connectivity index (χ0v) is 26.5. The molecule has 1 saturated carbocycles. The molecule has 2 saturated heterocycles. The zero-order valence-electron chi connectivity index (χ0n) is 26.5. The molecule has 3 aliphatic heterocycles. The SMILES string of the molecule is Cc1cc(C(F)(F)F)nn1CC(=O)N1N=C2C(=Cc3ccc(N4CCOCC4)cc3)CCCC2C1c1ccc(N2CCOCC2)cc1. The summed E-state index contributed by atoms with van der Waals surface area (Å²) in [5.41, 5.74) is 5.47. The number of anilines is 2. The minimum atomic E-state index is -4.59. The van der Waals surface area contributed by atoms with E-state index < -0.39 is 17.8 Å². The summed E-state index contributed by atoms with van der Waals surface area (Å²) in [6, 6.07) is 17.3. The lowest BCUT2D eigenvalue weighted by molar-refractivity contribution is -0.142. The third-order valence-electron chi connectivity index (χ3n) is 9.53. The Kier molecular flexibility index (Phi) is 8.80. The number of ether oxygens (including phenoxy) is 2. The second kappa shape index (κ2) is 13.2. The van der Waals surface area contributed by atoms with Gasteiger partial charge in [0.25, 0.3) is 5.91 Å². The van der Waals surface area contributed by atoms with Crippen LogP contribution < -0.4 is 9.80 Å². The van der Waals surface area contributed by atoms with Crippen LogP contribution in [-0.2, 0) is 27.0 Å². The summed E-state index contributed by atoms with van der Waals surface area (Å²) in [7, 11) is 0. The van der Waals surface area contributed by atoms with Gasteiger partial charge in [0.15, 0.2) is 5.69 Å². The summed E-state index contributed by atoms with van der Waals surface area (Å²) in [5.74, 6) is -0.437. The van der Waals surface area contributed by atoms with Crippen molar-refractivity contribution in [3.63, 3.8) is 0 Å². The highest BCUT2D eigenvalue weighted by Gasteiger charge is 2.44. The Bertz CT molecular complexity index is 1640. The summed E-state index contributed by atoms with van der Waals surface area (Å²) >= 11 is 0. The second-order valence-corrected chi connectivity index (χ2v) is 12.5. The Hall–Kier alpha value is -4.16. The summed E-state index contributed by atoms with van der Waals surface area (Å²) in [4.78, 5) is 18.5. The number of aromatic nitrogens is 2. The van der Waals surface area contributed by atoms with E-state index in [1.54, 1.807) is 0 Å². The molecule has 0 radical (unpaired) electrons. The van der Waals surface area contributed by atoms with Crippen molar-refractivity contribution in [2.75, 3.05) is 62.4 Å². The van der Waals surface area contributed by atoms with E-state index in [1.165, 1.54) is 11.9 Å². The first-order valence-electron chi connectivity index (χ1n) is 16.3. The predicted molar refractivity (Wildman–Crippen MR) is 173 cm³/mol. The third-order valence-corrected chi connectivity index (χ3v) is 9.53. The molecule has 0 bridgehead atoms. The molecule has 0 spiro atoms. The van der Waals surface area contributed by atoms with Gasteiger partial charge in [-0.2, -0.15) is 23.4 Å². The van der Waals surface area contributed by atoms with Crippen molar-refractivity contribution in [1.82, 2.24) is 14.8 Å². The molecular formula is C35H39F3N6O3. The molecule has 4 heterocycles. The van der Waals surface area contributed by atoms with Gasteiger partial charge < -0.3 is 19.3 Å². The van der Waals surface area contributed by atoms with Gasteiger partial charge in [-0.1, -0.05) is 24.3 Å². The normalized spacial score (nSPS) is 22.9. The summed E-state index contributed by atoms with van der Waals surface area (Å²) in [5, 5.41) is 10.2. The number of nitrogens with zero attached hydrogens (tertiary/aromatic N) is 6. The molecule has 248 valence electrons. The Labute approximate surface area is 272 Å². The quantitative estimate of drug-likeness (QED) is 0.341. The second-order valence-electron chi connectivity index (χ2n) is 12.5. The Morgan fingerprint density at radius 2 is 1.51 bits per heavy atom. The van der Waals surface area contributed by atoms with E-state index in [1.807, 2.05) is 0 Å². The van der Waals surface area contributed by atoms with Crippen molar-refractivity contribution >= 4 is 29.1 Å². The fourth-order valence-corrected chi connectivity index (χ4v) is 7.06. The van der Waals surface area contributed by atoms with E-state index in [2.05, 4.69) is 69.5 Å². The fourth-order valence-electron chi connectivity index (χ4n) is 7.06. The van der Waals surface area contributed by atoms with Crippen LogP contribution in [0, 0.1) is 12.8 Å². The highest BCUT2D eigenvalue weighted by atomic mass is 19.4. The first-order valence-corrected chi connectivity index (χ1v) is 16.3. The number of alkyl halides is 3. The van der Waals surface area contributed by atoms with Gasteiger partial charge in [0.2, 0.25) is 0 Å². The third kappa shape index (κ3) is 6.66. The monoisotopic (exact) mass is 648 g/mol. The Balaban J connectivity index is 1.19. The average Bonchev–Trinajstić information content (AvgIpc) is 3.67. The molecule has 2 unspecified atom stereocenters. The number of allylic oxidation sites excluding steroid dienone is 1.